The maximum atomic E-state index is 11.3. The molecular formula is C14H16N4O4S. The summed E-state index contributed by atoms with van der Waals surface area (Å²) in [4.78, 5) is 14.3. The van der Waals surface area contributed by atoms with Crippen molar-refractivity contribution >= 4 is 21.5 Å². The maximum Gasteiger partial charge on any atom is 0.290 e. The smallest absolute Gasteiger partial charge is 0.290 e. The van der Waals surface area contributed by atoms with Gasteiger partial charge in [-0.1, -0.05) is 6.07 Å². The fourth-order valence-corrected chi connectivity index (χ4v) is 2.66. The number of benzene rings is 1. The van der Waals surface area contributed by atoms with E-state index in [9.17, 15) is 18.5 Å². The van der Waals surface area contributed by atoms with Crippen molar-refractivity contribution in [1.29, 1.82) is 0 Å². The molecule has 2 aromatic rings. The van der Waals surface area contributed by atoms with Crippen LogP contribution in [0.1, 0.15) is 16.7 Å². The average molecular weight is 336 g/mol. The molecule has 9 heteroatoms. The van der Waals surface area contributed by atoms with Gasteiger partial charge < -0.3 is 5.32 Å². The van der Waals surface area contributed by atoms with Gasteiger partial charge in [0, 0.05) is 12.1 Å². The van der Waals surface area contributed by atoms with E-state index in [1.54, 1.807) is 26.0 Å². The molecule has 23 heavy (non-hydrogen) atoms. The van der Waals surface area contributed by atoms with Crippen molar-refractivity contribution in [1.82, 2.24) is 4.98 Å². The van der Waals surface area contributed by atoms with Crippen LogP contribution in [0.4, 0.5) is 11.5 Å². The molecule has 0 aliphatic heterocycles. The second-order valence-corrected chi connectivity index (χ2v) is 6.66. The number of anilines is 1. The van der Waals surface area contributed by atoms with Crippen molar-refractivity contribution in [3.63, 3.8) is 0 Å². The molecule has 3 N–H and O–H groups in total. The molecule has 122 valence electrons. The van der Waals surface area contributed by atoms with Gasteiger partial charge in [0.1, 0.15) is 12.0 Å². The number of pyridine rings is 1. The molecule has 1 heterocycles. The number of rotatable bonds is 5. The lowest BCUT2D eigenvalue weighted by molar-refractivity contribution is -0.385. The third-order valence-corrected chi connectivity index (χ3v) is 4.29. The number of nitrogens with zero attached hydrogens (tertiary/aromatic N) is 2. The fraction of sp³-hybridized carbons (Fsp3) is 0.214. The number of hydrogen-bond donors (Lipinski definition) is 2. The van der Waals surface area contributed by atoms with Gasteiger partial charge in [-0.3, -0.25) is 10.1 Å². The SMILES string of the molecule is Cc1cc(S(N)(=O)=O)ccc1CNc1cc(C)c([N+](=O)[O-])cn1. The second-order valence-electron chi connectivity index (χ2n) is 5.10. The Labute approximate surface area is 133 Å². The summed E-state index contributed by atoms with van der Waals surface area (Å²) in [5, 5.41) is 18.9. The molecule has 0 aliphatic rings. The van der Waals surface area contributed by atoms with Crippen LogP contribution in [0, 0.1) is 24.0 Å². The molecule has 1 aromatic carbocycles. The number of hydrogen-bond acceptors (Lipinski definition) is 6. The van der Waals surface area contributed by atoms with E-state index in [1.165, 1.54) is 18.3 Å². The highest BCUT2D eigenvalue weighted by molar-refractivity contribution is 7.89. The molecule has 0 fully saturated rings. The van der Waals surface area contributed by atoms with Crippen LogP contribution in [0.2, 0.25) is 0 Å². The standard InChI is InChI=1S/C14H16N4O4S/c1-9-5-12(23(15,21)22)4-3-11(9)7-16-14-6-10(2)13(8-17-14)18(19)20/h3-6,8H,7H2,1-2H3,(H,16,17)(H2,15,21,22). The van der Waals surface area contributed by atoms with E-state index in [0.717, 1.165) is 11.1 Å². The zero-order chi connectivity index (χ0) is 17.2. The van der Waals surface area contributed by atoms with Gasteiger partial charge in [0.25, 0.3) is 5.69 Å². The Kier molecular flexibility index (Phi) is 4.62. The zero-order valence-electron chi connectivity index (χ0n) is 12.6. The minimum atomic E-state index is -3.72. The summed E-state index contributed by atoms with van der Waals surface area (Å²) >= 11 is 0. The van der Waals surface area contributed by atoms with Crippen molar-refractivity contribution in [2.24, 2.45) is 5.14 Å². The molecule has 2 rings (SSSR count). The van der Waals surface area contributed by atoms with Crippen molar-refractivity contribution in [2.45, 2.75) is 25.3 Å². The molecule has 0 saturated heterocycles. The van der Waals surface area contributed by atoms with Crippen LogP contribution in [0.15, 0.2) is 35.4 Å². The summed E-state index contributed by atoms with van der Waals surface area (Å²) in [6.07, 6.45) is 1.20. The number of nitro groups is 1. The monoisotopic (exact) mass is 336 g/mol. The summed E-state index contributed by atoms with van der Waals surface area (Å²) in [6.45, 7) is 3.82. The van der Waals surface area contributed by atoms with Gasteiger partial charge in [-0.05, 0) is 43.2 Å². The predicted octanol–water partition coefficient (Wildman–Crippen LogP) is 1.87. The molecule has 8 nitrogen and oxygen atoms in total. The van der Waals surface area contributed by atoms with Crippen LogP contribution in [-0.4, -0.2) is 18.3 Å². The maximum absolute atomic E-state index is 11.3. The normalized spacial score (nSPS) is 11.3. The number of sulfonamides is 1. The number of aryl methyl sites for hydroxylation is 2. The van der Waals surface area contributed by atoms with E-state index in [0.29, 0.717) is 17.9 Å². The topological polar surface area (TPSA) is 128 Å². The van der Waals surface area contributed by atoms with Gasteiger partial charge in [-0.25, -0.2) is 18.5 Å². The van der Waals surface area contributed by atoms with E-state index in [4.69, 9.17) is 5.14 Å². The van der Waals surface area contributed by atoms with Crippen LogP contribution >= 0.6 is 0 Å². The van der Waals surface area contributed by atoms with Crippen LogP contribution in [-0.2, 0) is 16.6 Å². The first-order chi connectivity index (χ1) is 10.7. The lowest BCUT2D eigenvalue weighted by atomic mass is 10.1. The highest BCUT2D eigenvalue weighted by Gasteiger charge is 2.12. The Bertz CT molecular complexity index is 865. The number of primary sulfonamides is 1. The van der Waals surface area contributed by atoms with E-state index >= 15 is 0 Å². The van der Waals surface area contributed by atoms with E-state index in [-0.39, 0.29) is 10.6 Å². The first kappa shape index (κ1) is 16.8. The predicted molar refractivity (Wildman–Crippen MR) is 85.5 cm³/mol. The molecule has 0 spiro atoms. The van der Waals surface area contributed by atoms with Crippen LogP contribution < -0.4 is 10.5 Å². The van der Waals surface area contributed by atoms with E-state index < -0.39 is 14.9 Å². The highest BCUT2D eigenvalue weighted by Crippen LogP contribution is 2.20. The molecule has 0 radical (unpaired) electrons. The van der Waals surface area contributed by atoms with E-state index in [1.807, 2.05) is 0 Å². The zero-order valence-corrected chi connectivity index (χ0v) is 13.4. The number of aromatic nitrogens is 1. The van der Waals surface area contributed by atoms with Crippen molar-refractivity contribution in [3.8, 4) is 0 Å². The fourth-order valence-electron chi connectivity index (χ4n) is 2.07. The Morgan fingerprint density at radius 1 is 1.26 bits per heavy atom. The van der Waals surface area contributed by atoms with Crippen LogP contribution in [0.3, 0.4) is 0 Å². The van der Waals surface area contributed by atoms with E-state index in [2.05, 4.69) is 10.3 Å². The number of nitrogens with one attached hydrogen (secondary N) is 1. The summed E-state index contributed by atoms with van der Waals surface area (Å²) in [7, 11) is -3.72. The lowest BCUT2D eigenvalue weighted by Crippen LogP contribution is -2.13. The Balaban J connectivity index is 2.15. The van der Waals surface area contributed by atoms with Gasteiger partial charge in [0.05, 0.1) is 9.82 Å². The molecule has 0 bridgehead atoms. The summed E-state index contributed by atoms with van der Waals surface area (Å²) in [6, 6.07) is 6.20. The molecule has 0 unspecified atom stereocenters. The molecule has 0 aliphatic carbocycles. The third kappa shape index (κ3) is 4.02. The molecule has 1 aromatic heterocycles. The van der Waals surface area contributed by atoms with Crippen molar-refractivity contribution in [3.05, 3.63) is 57.3 Å². The van der Waals surface area contributed by atoms with Crippen molar-refractivity contribution in [2.75, 3.05) is 5.32 Å². The first-order valence-corrected chi connectivity index (χ1v) is 8.20. The van der Waals surface area contributed by atoms with Gasteiger partial charge >= 0.3 is 0 Å². The summed E-state index contributed by atoms with van der Waals surface area (Å²) < 4.78 is 22.6. The quantitative estimate of drug-likeness (QED) is 0.633. The largest absolute Gasteiger partial charge is 0.366 e. The van der Waals surface area contributed by atoms with Crippen LogP contribution in [0.5, 0.6) is 0 Å². The second kappa shape index (κ2) is 6.31. The van der Waals surface area contributed by atoms with Crippen LogP contribution in [0.25, 0.3) is 0 Å². The number of nitrogens with two attached hydrogens (primary N) is 1. The van der Waals surface area contributed by atoms with Crippen molar-refractivity contribution < 1.29 is 13.3 Å². The van der Waals surface area contributed by atoms with Gasteiger partial charge in [0.2, 0.25) is 10.0 Å². The minimum absolute atomic E-state index is 0.0377. The van der Waals surface area contributed by atoms with Gasteiger partial charge in [-0.15, -0.1) is 0 Å². The minimum Gasteiger partial charge on any atom is -0.366 e. The third-order valence-electron chi connectivity index (χ3n) is 3.38. The summed E-state index contributed by atoms with van der Waals surface area (Å²) in [5.41, 5.74) is 2.11. The van der Waals surface area contributed by atoms with Gasteiger partial charge in [0.15, 0.2) is 0 Å². The molecule has 0 amide bonds. The first-order valence-electron chi connectivity index (χ1n) is 6.65. The molecular weight excluding hydrogens is 320 g/mol. The lowest BCUT2D eigenvalue weighted by Gasteiger charge is -2.10. The molecule has 0 atom stereocenters. The Morgan fingerprint density at radius 3 is 2.48 bits per heavy atom. The Morgan fingerprint density at radius 2 is 1.96 bits per heavy atom. The Hall–Kier alpha value is -2.52. The summed E-state index contributed by atoms with van der Waals surface area (Å²) in [5.74, 6) is 0.503. The molecule has 0 saturated carbocycles. The van der Waals surface area contributed by atoms with Gasteiger partial charge in [-0.2, -0.15) is 0 Å². The highest BCUT2D eigenvalue weighted by atomic mass is 32.2. The average Bonchev–Trinajstić information content (AvgIpc) is 2.44.